The summed E-state index contributed by atoms with van der Waals surface area (Å²) < 4.78 is 0. The third kappa shape index (κ3) is 32.7. The Morgan fingerprint density at radius 3 is 1.21 bits per heavy atom. The number of carboxylic acids is 4. The third-order valence-electron chi connectivity index (χ3n) is 14.2. The van der Waals surface area contributed by atoms with Gasteiger partial charge in [-0.15, -0.1) is 0 Å². The average molecular weight is 1350 g/mol. The van der Waals surface area contributed by atoms with Crippen molar-refractivity contribution in [2.75, 3.05) is 25.2 Å². The SMILES string of the molecule is CSCC[C@H](NC(=O)[C@H](CC(C)C)NC(=O)[C@H](CC(N)=O)NC(=O)[C@H](CCC(=O)O)NC(=O)[C@@H](N)CO)C(=O)N[C@H](C(=O)N[C@@H](CCC(=O)O)C(=O)N[C@@H](CCC(=O)O)C(=O)N[C@@H](Cc1ccc(O)cc1)C(=O)N[C@@H](CC(C)C)C(=O)N[C@@H](CCCCN)C(=O)O)C(C)C. The Morgan fingerprint density at radius 1 is 0.457 bits per heavy atom. The largest absolute Gasteiger partial charge is 0.508 e. The number of carbonyl (C=O) groups excluding carboxylic acids is 11. The molecule has 34 nitrogen and oxygen atoms in total. The Labute approximate surface area is 548 Å². The molecule has 0 aromatic heterocycles. The van der Waals surface area contributed by atoms with Gasteiger partial charge >= 0.3 is 23.9 Å². The van der Waals surface area contributed by atoms with Crippen LogP contribution in [0.2, 0.25) is 0 Å². The van der Waals surface area contributed by atoms with E-state index in [1.165, 1.54) is 49.9 Å². The molecule has 528 valence electrons. The van der Waals surface area contributed by atoms with Crippen LogP contribution in [0.3, 0.4) is 0 Å². The molecule has 0 fully saturated rings. The first-order valence-corrected chi connectivity index (χ1v) is 32.0. The maximum Gasteiger partial charge on any atom is 0.326 e. The first-order chi connectivity index (χ1) is 44.0. The number of aromatic hydroxyl groups is 1. The number of phenolic OH excluding ortho intramolecular Hbond substituents is 1. The van der Waals surface area contributed by atoms with Crippen molar-refractivity contribution in [2.24, 2.45) is 35.0 Å². The van der Waals surface area contributed by atoms with Crippen LogP contribution in [0.1, 0.15) is 131 Å². The lowest BCUT2D eigenvalue weighted by molar-refractivity contribution is -0.143. The van der Waals surface area contributed by atoms with Crippen molar-refractivity contribution >= 4 is 101 Å². The molecule has 0 heterocycles. The summed E-state index contributed by atoms with van der Waals surface area (Å²) in [5, 5.41) is 82.0. The molecule has 11 amide bonds. The van der Waals surface area contributed by atoms with Crippen LogP contribution >= 0.6 is 11.8 Å². The van der Waals surface area contributed by atoms with E-state index in [0.717, 1.165) is 0 Å². The second kappa shape index (κ2) is 43.2. The van der Waals surface area contributed by atoms with Gasteiger partial charge in [0.2, 0.25) is 65.0 Å². The van der Waals surface area contributed by atoms with Crippen LogP contribution in [-0.4, -0.2) is 211 Å². The van der Waals surface area contributed by atoms with Crippen LogP contribution in [0.25, 0.3) is 0 Å². The number of carbonyl (C=O) groups is 15. The number of hydrogen-bond acceptors (Lipinski definition) is 20. The summed E-state index contributed by atoms with van der Waals surface area (Å²) in [6.07, 6.45) is -2.99. The molecule has 0 saturated heterocycles. The predicted octanol–water partition coefficient (Wildman–Crippen LogP) is -3.71. The summed E-state index contributed by atoms with van der Waals surface area (Å²) >= 11 is 1.25. The van der Waals surface area contributed by atoms with E-state index in [1.54, 1.807) is 34.0 Å². The molecule has 1 aromatic carbocycles. The molecule has 0 bridgehead atoms. The highest BCUT2D eigenvalue weighted by Gasteiger charge is 2.38. The minimum Gasteiger partial charge on any atom is -0.508 e. The fourth-order valence-corrected chi connectivity index (χ4v) is 9.55. The molecule has 35 heteroatoms. The molecule has 1 aromatic rings. The zero-order valence-electron chi connectivity index (χ0n) is 53.9. The smallest absolute Gasteiger partial charge is 0.326 e. The van der Waals surface area contributed by atoms with Crippen molar-refractivity contribution in [3.05, 3.63) is 29.8 Å². The van der Waals surface area contributed by atoms with Crippen molar-refractivity contribution in [3.8, 4) is 5.75 Å². The number of thioether (sulfide) groups is 1. The summed E-state index contributed by atoms with van der Waals surface area (Å²) in [6, 6.07) is -12.2. The molecule has 0 saturated carbocycles. The monoisotopic (exact) mass is 1350 g/mol. The van der Waals surface area contributed by atoms with E-state index in [9.17, 15) is 103 Å². The first kappa shape index (κ1) is 83.3. The number of aliphatic carboxylic acids is 4. The Morgan fingerprint density at radius 2 is 0.819 bits per heavy atom. The number of rotatable bonds is 47. The molecular weight excluding hydrogens is 1260 g/mol. The molecule has 0 aliphatic rings. The van der Waals surface area contributed by atoms with Gasteiger partial charge in [0, 0.05) is 25.7 Å². The van der Waals surface area contributed by atoms with Crippen molar-refractivity contribution in [1.82, 2.24) is 53.2 Å². The highest BCUT2D eigenvalue weighted by Crippen LogP contribution is 2.16. The summed E-state index contributed by atoms with van der Waals surface area (Å²) in [5.74, 6) is -18.8. The standard InChI is InChI=1S/C59H95N13O21S/c1-29(2)24-40(69-57(90)43(27-44(62)75)71-51(84)35(15-18-45(76)77)63-49(82)34(61)28-73)54(87)65-38(21-23-94-7)53(86)72-48(31(5)6)58(91)66-37(17-20-47(80)81)50(83)64-36(16-19-46(78)79)52(85)70-42(26-32-11-13-33(74)14-12-32)56(89)68-41(25-30(3)4)55(88)67-39(59(92)93)10-8-9-22-60/h11-14,29-31,34-43,48,73-74H,8-10,15-28,60-61H2,1-7H3,(H2,62,75)(H,63,82)(H,64,83)(H,65,87)(H,66,91)(H,67,88)(H,68,89)(H,69,90)(H,70,85)(H,71,84)(H,72,86)(H,76,77)(H,78,79)(H,80,81)(H,92,93)/t34-,35-,36-,37-,38-,39-,40-,41-,42-,43-,48-/m0/s1. The van der Waals surface area contributed by atoms with Crippen LogP contribution in [-0.2, 0) is 78.3 Å². The maximum atomic E-state index is 14.4. The number of hydrogen-bond donors (Lipinski definition) is 19. The van der Waals surface area contributed by atoms with Gasteiger partial charge in [0.15, 0.2) is 0 Å². The van der Waals surface area contributed by atoms with Crippen LogP contribution in [0, 0.1) is 17.8 Å². The number of amides is 11. The van der Waals surface area contributed by atoms with Crippen LogP contribution in [0.15, 0.2) is 24.3 Å². The van der Waals surface area contributed by atoms with Gasteiger partial charge in [-0.25, -0.2) is 4.79 Å². The van der Waals surface area contributed by atoms with Gasteiger partial charge in [0.25, 0.3) is 0 Å². The lowest BCUT2D eigenvalue weighted by Crippen LogP contribution is -2.61. The Hall–Kier alpha value is -8.70. The third-order valence-corrected chi connectivity index (χ3v) is 14.8. The second-order valence-corrected chi connectivity index (χ2v) is 24.6. The Bertz CT molecular complexity index is 2760. The fraction of sp³-hybridized carbons (Fsp3) is 0.644. The average Bonchev–Trinajstić information content (AvgIpc) is 0.907. The molecule has 22 N–H and O–H groups in total. The maximum absolute atomic E-state index is 14.4. The topological polar surface area (TPSA) is 576 Å². The quantitative estimate of drug-likeness (QED) is 0.0279. The van der Waals surface area contributed by atoms with Crippen molar-refractivity contribution in [2.45, 2.75) is 198 Å². The highest BCUT2D eigenvalue weighted by atomic mass is 32.2. The number of aliphatic hydroxyl groups excluding tert-OH is 1. The molecule has 0 spiro atoms. The van der Waals surface area contributed by atoms with E-state index < -0.39 is 213 Å². The minimum absolute atomic E-state index is 0.0170. The van der Waals surface area contributed by atoms with E-state index in [0.29, 0.717) is 18.4 Å². The number of unbranched alkanes of at least 4 members (excludes halogenated alkanes) is 1. The van der Waals surface area contributed by atoms with Crippen LogP contribution < -0.4 is 70.4 Å². The van der Waals surface area contributed by atoms with Gasteiger partial charge < -0.3 is 101 Å². The highest BCUT2D eigenvalue weighted by molar-refractivity contribution is 7.98. The molecule has 1 rings (SSSR count). The summed E-state index contributed by atoms with van der Waals surface area (Å²) in [4.78, 5) is 199. The van der Waals surface area contributed by atoms with E-state index >= 15 is 0 Å². The molecular formula is C59H95N13O21S. The Balaban J connectivity index is 3.68. The van der Waals surface area contributed by atoms with Gasteiger partial charge in [0.05, 0.1) is 13.0 Å². The second-order valence-electron chi connectivity index (χ2n) is 23.6. The van der Waals surface area contributed by atoms with Crippen LogP contribution in [0.4, 0.5) is 0 Å². The molecule has 0 radical (unpaired) electrons. The normalized spacial score (nSPS) is 14.7. The van der Waals surface area contributed by atoms with Crippen molar-refractivity contribution in [1.29, 1.82) is 0 Å². The van der Waals surface area contributed by atoms with Crippen molar-refractivity contribution in [3.63, 3.8) is 0 Å². The molecule has 11 atom stereocenters. The number of primary amides is 1. The van der Waals surface area contributed by atoms with Gasteiger partial charge in [-0.1, -0.05) is 53.7 Å². The van der Waals surface area contributed by atoms with Gasteiger partial charge in [-0.2, -0.15) is 11.8 Å². The van der Waals surface area contributed by atoms with E-state index in [1.807, 2.05) is 0 Å². The number of benzene rings is 1. The minimum atomic E-state index is -1.83. The zero-order valence-corrected chi connectivity index (χ0v) is 54.7. The first-order valence-electron chi connectivity index (χ1n) is 30.6. The fourth-order valence-electron chi connectivity index (χ4n) is 9.08. The number of nitrogens with one attached hydrogen (secondary N) is 10. The van der Waals surface area contributed by atoms with E-state index in [-0.39, 0.29) is 62.0 Å². The van der Waals surface area contributed by atoms with Gasteiger partial charge in [0.1, 0.15) is 72.2 Å². The number of carboxylic acid groups (broad SMARTS) is 4. The summed E-state index contributed by atoms with van der Waals surface area (Å²) in [6.45, 7) is 9.18. The molecule has 94 heavy (non-hydrogen) atoms. The number of aliphatic hydroxyl groups is 1. The van der Waals surface area contributed by atoms with Crippen molar-refractivity contribution < 1.29 is 103 Å². The summed E-state index contributed by atoms with van der Waals surface area (Å²) in [5.41, 5.74) is 16.9. The Kier molecular flexibility index (Phi) is 38.3. The zero-order chi connectivity index (χ0) is 71.5. The predicted molar refractivity (Wildman–Crippen MR) is 338 cm³/mol. The lowest BCUT2D eigenvalue weighted by Gasteiger charge is -2.29. The summed E-state index contributed by atoms with van der Waals surface area (Å²) in [7, 11) is 0. The molecule has 0 aliphatic heterocycles. The molecule has 0 aliphatic carbocycles. The lowest BCUT2D eigenvalue weighted by atomic mass is 9.99. The number of nitrogens with two attached hydrogens (primary N) is 3. The van der Waals surface area contributed by atoms with E-state index in [4.69, 9.17) is 17.2 Å². The van der Waals surface area contributed by atoms with E-state index in [2.05, 4.69) is 53.2 Å². The van der Waals surface area contributed by atoms with Gasteiger partial charge in [-0.3, -0.25) is 67.1 Å². The molecule has 0 unspecified atom stereocenters. The van der Waals surface area contributed by atoms with Gasteiger partial charge in [-0.05, 0) is 112 Å². The number of phenols is 1. The van der Waals surface area contributed by atoms with Crippen LogP contribution in [0.5, 0.6) is 5.75 Å².